The van der Waals surface area contributed by atoms with Crippen molar-refractivity contribution in [2.24, 2.45) is 0 Å². The molecule has 8 nitrogen and oxygen atoms in total. The number of likely N-dealkylation sites (tertiary alicyclic amines) is 1. The average molecular weight is 370 g/mol. The summed E-state index contributed by atoms with van der Waals surface area (Å²) < 4.78 is 0. The summed E-state index contributed by atoms with van der Waals surface area (Å²) >= 11 is 0. The van der Waals surface area contributed by atoms with Crippen LogP contribution < -0.4 is 10.6 Å². The van der Waals surface area contributed by atoms with Crippen molar-refractivity contribution >= 4 is 11.9 Å². The summed E-state index contributed by atoms with van der Waals surface area (Å²) in [4.78, 5) is 30.2. The molecule has 0 aliphatic carbocycles. The minimum absolute atomic E-state index is 0.0990. The highest BCUT2D eigenvalue weighted by molar-refractivity contribution is 5.76. The molecule has 0 spiro atoms. The zero-order valence-electron chi connectivity index (χ0n) is 16.1. The van der Waals surface area contributed by atoms with Gasteiger partial charge in [0.1, 0.15) is 0 Å². The predicted octanol–water partition coefficient (Wildman–Crippen LogP) is -0.313. The van der Waals surface area contributed by atoms with E-state index < -0.39 is 0 Å². The van der Waals surface area contributed by atoms with Crippen LogP contribution in [0.4, 0.5) is 4.79 Å². The van der Waals surface area contributed by atoms with Crippen molar-refractivity contribution in [3.63, 3.8) is 0 Å². The maximum absolute atomic E-state index is 12.0. The molecule has 0 aromatic heterocycles. The molecule has 0 aromatic rings. The van der Waals surface area contributed by atoms with Gasteiger partial charge in [0, 0.05) is 64.8 Å². The molecule has 3 amide bonds. The molecule has 150 valence electrons. The molecule has 2 fully saturated rings. The summed E-state index contributed by atoms with van der Waals surface area (Å²) in [6.45, 7) is 10.1. The molecule has 2 rings (SSSR count). The van der Waals surface area contributed by atoms with Gasteiger partial charge in [-0.25, -0.2) is 4.79 Å². The van der Waals surface area contributed by atoms with Gasteiger partial charge in [0.15, 0.2) is 0 Å². The third kappa shape index (κ3) is 7.09. The van der Waals surface area contributed by atoms with Gasteiger partial charge in [0.25, 0.3) is 0 Å². The number of aliphatic hydroxyl groups excluding tert-OH is 1. The van der Waals surface area contributed by atoms with Crippen LogP contribution in [0.25, 0.3) is 0 Å². The number of hydrogen-bond acceptors (Lipinski definition) is 5. The van der Waals surface area contributed by atoms with E-state index in [2.05, 4.69) is 20.4 Å². The number of nitrogens with zero attached hydrogens (tertiary/aromatic N) is 3. The minimum Gasteiger partial charge on any atom is -0.395 e. The highest BCUT2D eigenvalue weighted by Crippen LogP contribution is 2.11. The quantitative estimate of drug-likeness (QED) is 0.511. The van der Waals surface area contributed by atoms with Crippen molar-refractivity contribution in [1.29, 1.82) is 0 Å². The van der Waals surface area contributed by atoms with Crippen LogP contribution in [0.3, 0.4) is 0 Å². The van der Waals surface area contributed by atoms with Crippen molar-refractivity contribution in [3.05, 3.63) is 0 Å². The van der Waals surface area contributed by atoms with Crippen LogP contribution in [0.2, 0.25) is 0 Å². The van der Waals surface area contributed by atoms with Gasteiger partial charge in [0.2, 0.25) is 5.91 Å². The number of nitrogens with one attached hydrogen (secondary N) is 2. The molecule has 3 N–H and O–H groups in total. The SMILES string of the molecule is CCC(=O)N1CCC(NC(=O)NCCCN2CCN(CCO)CC2)CC1. The zero-order valence-corrected chi connectivity index (χ0v) is 16.1. The molecule has 26 heavy (non-hydrogen) atoms. The van der Waals surface area contributed by atoms with E-state index in [0.29, 0.717) is 13.0 Å². The molecular formula is C18H35N5O3. The first-order valence-corrected chi connectivity index (χ1v) is 10.00. The summed E-state index contributed by atoms with van der Waals surface area (Å²) in [6, 6.07) is 0.0635. The number of aliphatic hydroxyl groups is 1. The molecule has 0 saturated carbocycles. The van der Waals surface area contributed by atoms with Gasteiger partial charge in [-0.15, -0.1) is 0 Å². The second-order valence-electron chi connectivity index (χ2n) is 7.17. The Morgan fingerprint density at radius 2 is 1.62 bits per heavy atom. The number of urea groups is 1. The molecule has 2 aliphatic heterocycles. The first-order valence-electron chi connectivity index (χ1n) is 10.00. The number of β-amino-alcohol motifs (C(OH)–C–C–N with tert-alkyl or cyclic N) is 1. The molecule has 0 atom stereocenters. The van der Waals surface area contributed by atoms with E-state index in [4.69, 9.17) is 5.11 Å². The minimum atomic E-state index is -0.0990. The second kappa shape index (κ2) is 11.4. The van der Waals surface area contributed by atoms with Crippen molar-refractivity contribution in [2.75, 3.05) is 65.5 Å². The van der Waals surface area contributed by atoms with Crippen molar-refractivity contribution in [3.8, 4) is 0 Å². The van der Waals surface area contributed by atoms with Crippen LogP contribution in [0.15, 0.2) is 0 Å². The topological polar surface area (TPSA) is 88.2 Å². The Morgan fingerprint density at radius 3 is 2.19 bits per heavy atom. The normalized spacial score (nSPS) is 20.2. The number of amides is 3. The third-order valence-electron chi connectivity index (χ3n) is 5.30. The van der Waals surface area contributed by atoms with Gasteiger partial charge < -0.3 is 25.5 Å². The summed E-state index contributed by atoms with van der Waals surface area (Å²) in [6.07, 6.45) is 3.15. The largest absolute Gasteiger partial charge is 0.395 e. The Kier molecular flexibility index (Phi) is 9.14. The van der Waals surface area contributed by atoms with Gasteiger partial charge in [-0.3, -0.25) is 9.69 Å². The predicted molar refractivity (Wildman–Crippen MR) is 101 cm³/mol. The molecule has 0 bridgehead atoms. The van der Waals surface area contributed by atoms with Crippen molar-refractivity contribution in [2.45, 2.75) is 38.6 Å². The monoisotopic (exact) mass is 369 g/mol. The van der Waals surface area contributed by atoms with Crippen LogP contribution >= 0.6 is 0 Å². The highest BCUT2D eigenvalue weighted by atomic mass is 16.3. The van der Waals surface area contributed by atoms with E-state index >= 15 is 0 Å². The lowest BCUT2D eigenvalue weighted by Crippen LogP contribution is -2.49. The molecule has 0 unspecified atom stereocenters. The summed E-state index contributed by atoms with van der Waals surface area (Å²) in [5.41, 5.74) is 0. The fourth-order valence-electron chi connectivity index (χ4n) is 3.62. The Bertz CT molecular complexity index is 433. The molecule has 2 heterocycles. The fraction of sp³-hybridized carbons (Fsp3) is 0.889. The van der Waals surface area contributed by atoms with E-state index in [1.165, 1.54) is 0 Å². The third-order valence-corrected chi connectivity index (χ3v) is 5.30. The Morgan fingerprint density at radius 1 is 1.00 bits per heavy atom. The van der Waals surface area contributed by atoms with Gasteiger partial charge in [-0.05, 0) is 25.8 Å². The highest BCUT2D eigenvalue weighted by Gasteiger charge is 2.22. The molecular weight excluding hydrogens is 334 g/mol. The van der Waals surface area contributed by atoms with Gasteiger partial charge in [-0.2, -0.15) is 0 Å². The lowest BCUT2D eigenvalue weighted by Gasteiger charge is -2.34. The van der Waals surface area contributed by atoms with Crippen molar-refractivity contribution < 1.29 is 14.7 Å². The maximum Gasteiger partial charge on any atom is 0.315 e. The number of carbonyl (C=O) groups excluding carboxylic acids is 2. The molecule has 2 saturated heterocycles. The molecule has 2 aliphatic rings. The Labute approximate surface area is 156 Å². The zero-order chi connectivity index (χ0) is 18.8. The van der Waals surface area contributed by atoms with E-state index in [0.717, 1.165) is 71.6 Å². The summed E-state index contributed by atoms with van der Waals surface area (Å²) in [5.74, 6) is 0.199. The van der Waals surface area contributed by atoms with Crippen LogP contribution in [0, 0.1) is 0 Å². The first kappa shape index (κ1) is 20.9. The lowest BCUT2D eigenvalue weighted by atomic mass is 10.1. The van der Waals surface area contributed by atoms with E-state index in [1.807, 2.05) is 11.8 Å². The standard InChI is InChI=1S/C18H35N5O3/c1-2-17(25)23-8-4-16(5-9-23)20-18(26)19-6-3-7-21-10-12-22(13-11-21)14-15-24/h16,24H,2-15H2,1H3,(H2,19,20,26). The van der Waals surface area contributed by atoms with E-state index in [1.54, 1.807) is 0 Å². The summed E-state index contributed by atoms with van der Waals surface area (Å²) in [7, 11) is 0. The van der Waals surface area contributed by atoms with Crippen LogP contribution in [0.1, 0.15) is 32.6 Å². The van der Waals surface area contributed by atoms with Crippen LogP contribution in [0.5, 0.6) is 0 Å². The number of hydrogen-bond donors (Lipinski definition) is 3. The second-order valence-corrected chi connectivity index (χ2v) is 7.17. The average Bonchev–Trinajstić information content (AvgIpc) is 2.67. The molecule has 0 radical (unpaired) electrons. The Hall–Kier alpha value is -1.38. The van der Waals surface area contributed by atoms with Crippen LogP contribution in [-0.2, 0) is 4.79 Å². The number of piperidine rings is 1. The molecule has 8 heteroatoms. The number of rotatable bonds is 8. The first-order chi connectivity index (χ1) is 12.6. The van der Waals surface area contributed by atoms with Crippen LogP contribution in [-0.4, -0.2) is 103 Å². The maximum atomic E-state index is 12.0. The van der Waals surface area contributed by atoms with Gasteiger partial charge in [-0.1, -0.05) is 6.92 Å². The number of piperazine rings is 1. The smallest absolute Gasteiger partial charge is 0.315 e. The van der Waals surface area contributed by atoms with E-state index in [9.17, 15) is 9.59 Å². The van der Waals surface area contributed by atoms with Gasteiger partial charge in [0.05, 0.1) is 6.61 Å². The van der Waals surface area contributed by atoms with Crippen molar-refractivity contribution in [1.82, 2.24) is 25.3 Å². The fourth-order valence-corrected chi connectivity index (χ4v) is 3.62. The van der Waals surface area contributed by atoms with E-state index in [-0.39, 0.29) is 24.6 Å². The van der Waals surface area contributed by atoms with Gasteiger partial charge >= 0.3 is 6.03 Å². The Balaban J connectivity index is 1.50. The number of carbonyl (C=O) groups is 2. The molecule has 0 aromatic carbocycles. The summed E-state index contributed by atoms with van der Waals surface area (Å²) in [5, 5.41) is 14.9. The lowest BCUT2D eigenvalue weighted by molar-refractivity contribution is -0.131.